The number of ketones is 1. The largest absolute Gasteiger partial charge is 0.462 e. The molecule has 0 aromatic heterocycles. The van der Waals surface area contributed by atoms with Crippen LogP contribution < -0.4 is 0 Å². The van der Waals surface area contributed by atoms with Gasteiger partial charge in [0.2, 0.25) is 0 Å². The highest BCUT2D eigenvalue weighted by Crippen LogP contribution is 2.32. The standard InChI is InChI=1S/C24H28O5/c1-16(2)28-23(26)22(24(27)29-17(3)4)20(18-11-7-5-8-12-18)15-21(25)19-13-9-6-10-14-19/h5-14,16-17,20,22H,15H2,1-4H3/t20-/m1/s1. The number of carbonyl (C=O) groups excluding carboxylic acids is 3. The first kappa shape index (κ1) is 22.3. The van der Waals surface area contributed by atoms with Crippen molar-refractivity contribution in [2.24, 2.45) is 5.92 Å². The molecule has 0 fully saturated rings. The Labute approximate surface area is 172 Å². The molecule has 0 aliphatic rings. The molecule has 154 valence electrons. The molecule has 0 N–H and O–H groups in total. The van der Waals surface area contributed by atoms with Gasteiger partial charge in [0.05, 0.1) is 12.2 Å². The molecule has 5 nitrogen and oxygen atoms in total. The maximum Gasteiger partial charge on any atom is 0.321 e. The van der Waals surface area contributed by atoms with E-state index in [4.69, 9.17) is 9.47 Å². The van der Waals surface area contributed by atoms with Crippen LogP contribution in [0.3, 0.4) is 0 Å². The van der Waals surface area contributed by atoms with E-state index in [-0.39, 0.29) is 12.2 Å². The van der Waals surface area contributed by atoms with Crippen LogP contribution in [-0.4, -0.2) is 29.9 Å². The molecule has 0 saturated heterocycles. The fourth-order valence-corrected chi connectivity index (χ4v) is 3.11. The second-order valence-corrected chi connectivity index (χ2v) is 7.46. The van der Waals surface area contributed by atoms with Gasteiger partial charge in [-0.25, -0.2) is 0 Å². The first-order chi connectivity index (χ1) is 13.8. The molecule has 2 rings (SSSR count). The highest BCUT2D eigenvalue weighted by atomic mass is 16.6. The van der Waals surface area contributed by atoms with Gasteiger partial charge in [0, 0.05) is 17.9 Å². The molecule has 2 aromatic rings. The monoisotopic (exact) mass is 396 g/mol. The molecule has 0 aliphatic carbocycles. The maximum atomic E-state index is 12.9. The van der Waals surface area contributed by atoms with Gasteiger partial charge >= 0.3 is 11.9 Å². The van der Waals surface area contributed by atoms with Gasteiger partial charge in [0.15, 0.2) is 11.7 Å². The van der Waals surface area contributed by atoms with E-state index in [2.05, 4.69) is 0 Å². The molecule has 0 unspecified atom stereocenters. The van der Waals surface area contributed by atoms with Crippen LogP contribution in [0.25, 0.3) is 0 Å². The summed E-state index contributed by atoms with van der Waals surface area (Å²) < 4.78 is 10.7. The molecular formula is C24H28O5. The summed E-state index contributed by atoms with van der Waals surface area (Å²) in [7, 11) is 0. The predicted molar refractivity (Wildman–Crippen MR) is 111 cm³/mol. The normalized spacial score (nSPS) is 12.1. The number of hydrogen-bond acceptors (Lipinski definition) is 5. The number of ether oxygens (including phenoxy) is 2. The summed E-state index contributed by atoms with van der Waals surface area (Å²) in [6.07, 6.45) is -0.796. The number of carbonyl (C=O) groups is 3. The minimum absolute atomic E-state index is 0.0148. The smallest absolute Gasteiger partial charge is 0.321 e. The Hall–Kier alpha value is -2.95. The summed E-state index contributed by atoms with van der Waals surface area (Å²) in [5.41, 5.74) is 1.24. The van der Waals surface area contributed by atoms with Crippen LogP contribution in [-0.2, 0) is 19.1 Å². The van der Waals surface area contributed by atoms with Crippen molar-refractivity contribution in [1.29, 1.82) is 0 Å². The molecule has 0 heterocycles. The van der Waals surface area contributed by atoms with Crippen molar-refractivity contribution in [3.8, 4) is 0 Å². The first-order valence-corrected chi connectivity index (χ1v) is 9.83. The van der Waals surface area contributed by atoms with Gasteiger partial charge in [0.25, 0.3) is 0 Å². The third kappa shape index (κ3) is 6.56. The molecular weight excluding hydrogens is 368 g/mol. The Morgan fingerprint density at radius 2 is 1.17 bits per heavy atom. The minimum atomic E-state index is -1.23. The Morgan fingerprint density at radius 1 is 0.724 bits per heavy atom. The zero-order valence-electron chi connectivity index (χ0n) is 17.3. The summed E-state index contributed by atoms with van der Waals surface area (Å²) >= 11 is 0. The average Bonchev–Trinajstić information content (AvgIpc) is 2.67. The van der Waals surface area contributed by atoms with Gasteiger partial charge in [-0.2, -0.15) is 0 Å². The van der Waals surface area contributed by atoms with Crippen molar-refractivity contribution in [3.05, 3.63) is 71.8 Å². The van der Waals surface area contributed by atoms with E-state index in [1.807, 2.05) is 24.3 Å². The van der Waals surface area contributed by atoms with E-state index < -0.39 is 36.0 Å². The van der Waals surface area contributed by atoms with Crippen molar-refractivity contribution in [1.82, 2.24) is 0 Å². The van der Waals surface area contributed by atoms with Crippen LogP contribution in [0, 0.1) is 5.92 Å². The lowest BCUT2D eigenvalue weighted by atomic mass is 9.81. The molecule has 0 aliphatic heterocycles. The Bertz CT molecular complexity index is 790. The van der Waals surface area contributed by atoms with Gasteiger partial charge in [-0.15, -0.1) is 0 Å². The van der Waals surface area contributed by atoms with Crippen LogP contribution in [0.15, 0.2) is 60.7 Å². The zero-order valence-corrected chi connectivity index (χ0v) is 17.3. The average molecular weight is 396 g/mol. The number of benzene rings is 2. The molecule has 5 heteroatoms. The van der Waals surface area contributed by atoms with Crippen molar-refractivity contribution >= 4 is 17.7 Å². The minimum Gasteiger partial charge on any atom is -0.462 e. The second-order valence-electron chi connectivity index (χ2n) is 7.46. The quantitative estimate of drug-likeness (QED) is 0.353. The van der Waals surface area contributed by atoms with Gasteiger partial charge in [-0.3, -0.25) is 14.4 Å². The maximum absolute atomic E-state index is 12.9. The van der Waals surface area contributed by atoms with E-state index in [1.165, 1.54) is 0 Å². The zero-order chi connectivity index (χ0) is 21.4. The van der Waals surface area contributed by atoms with E-state index in [0.717, 1.165) is 0 Å². The Morgan fingerprint density at radius 3 is 1.62 bits per heavy atom. The summed E-state index contributed by atoms with van der Waals surface area (Å²) in [4.78, 5) is 38.7. The van der Waals surface area contributed by atoms with Crippen LogP contribution >= 0.6 is 0 Å². The topological polar surface area (TPSA) is 69.7 Å². The Balaban J connectivity index is 2.44. The van der Waals surface area contributed by atoms with Crippen LogP contribution in [0.4, 0.5) is 0 Å². The molecule has 1 atom stereocenters. The molecule has 0 saturated carbocycles. The third-order valence-corrected chi connectivity index (χ3v) is 4.34. The predicted octanol–water partition coefficient (Wildman–Crippen LogP) is 4.56. The number of esters is 2. The van der Waals surface area contributed by atoms with E-state index in [0.29, 0.717) is 11.1 Å². The van der Waals surface area contributed by atoms with E-state index in [1.54, 1.807) is 64.1 Å². The lowest BCUT2D eigenvalue weighted by molar-refractivity contribution is -0.167. The van der Waals surface area contributed by atoms with Crippen molar-refractivity contribution in [3.63, 3.8) is 0 Å². The van der Waals surface area contributed by atoms with Crippen molar-refractivity contribution in [2.45, 2.75) is 52.2 Å². The van der Waals surface area contributed by atoms with Crippen LogP contribution in [0.5, 0.6) is 0 Å². The lowest BCUT2D eigenvalue weighted by Crippen LogP contribution is -2.36. The SMILES string of the molecule is CC(C)OC(=O)C(C(=O)OC(C)C)[C@H](CC(=O)c1ccccc1)c1ccccc1. The number of Topliss-reactive ketones (excluding diaryl/α,β-unsaturated/α-hetero) is 1. The van der Waals surface area contributed by atoms with E-state index >= 15 is 0 Å². The Kier molecular flexibility index (Phi) is 8.13. The second kappa shape index (κ2) is 10.6. The molecule has 2 aromatic carbocycles. The van der Waals surface area contributed by atoms with Crippen molar-refractivity contribution < 1.29 is 23.9 Å². The van der Waals surface area contributed by atoms with E-state index in [9.17, 15) is 14.4 Å². The summed E-state index contributed by atoms with van der Waals surface area (Å²) in [5.74, 6) is -3.43. The summed E-state index contributed by atoms with van der Waals surface area (Å²) in [6.45, 7) is 6.87. The fraction of sp³-hybridized carbons (Fsp3) is 0.375. The third-order valence-electron chi connectivity index (χ3n) is 4.34. The van der Waals surface area contributed by atoms with Gasteiger partial charge in [-0.1, -0.05) is 60.7 Å². The molecule has 0 amide bonds. The molecule has 0 bridgehead atoms. The van der Waals surface area contributed by atoms with Crippen LogP contribution in [0.2, 0.25) is 0 Å². The van der Waals surface area contributed by atoms with Crippen LogP contribution in [0.1, 0.15) is 56.0 Å². The summed E-state index contributed by atoms with van der Waals surface area (Å²) in [6, 6.07) is 17.9. The van der Waals surface area contributed by atoms with Gasteiger partial charge in [-0.05, 0) is 33.3 Å². The molecule has 0 spiro atoms. The number of hydrogen-bond donors (Lipinski definition) is 0. The number of rotatable bonds is 9. The van der Waals surface area contributed by atoms with Gasteiger partial charge in [0.1, 0.15) is 0 Å². The fourth-order valence-electron chi connectivity index (χ4n) is 3.11. The highest BCUT2D eigenvalue weighted by Gasteiger charge is 2.40. The molecule has 0 radical (unpaired) electrons. The van der Waals surface area contributed by atoms with Gasteiger partial charge < -0.3 is 9.47 Å². The lowest BCUT2D eigenvalue weighted by Gasteiger charge is -2.26. The first-order valence-electron chi connectivity index (χ1n) is 9.83. The summed E-state index contributed by atoms with van der Waals surface area (Å²) in [5, 5.41) is 0. The van der Waals surface area contributed by atoms with Crippen molar-refractivity contribution in [2.75, 3.05) is 0 Å². The molecule has 29 heavy (non-hydrogen) atoms. The highest BCUT2D eigenvalue weighted by molar-refractivity contribution is 6.00.